The van der Waals surface area contributed by atoms with Crippen molar-refractivity contribution < 1.29 is 4.39 Å². The first kappa shape index (κ1) is 12.0. The van der Waals surface area contributed by atoms with E-state index in [2.05, 4.69) is 0 Å². The van der Waals surface area contributed by atoms with Gasteiger partial charge < -0.3 is 10.6 Å². The second-order valence-electron chi connectivity index (χ2n) is 4.20. The van der Waals surface area contributed by atoms with Crippen LogP contribution in [0.4, 0.5) is 10.1 Å². The van der Waals surface area contributed by atoms with Gasteiger partial charge in [-0.2, -0.15) is 0 Å². The third-order valence-electron chi connectivity index (χ3n) is 2.38. The molecule has 1 atom stereocenters. The molecule has 1 rings (SSSR count). The van der Waals surface area contributed by atoms with E-state index < -0.39 is 0 Å². The Morgan fingerprint density at radius 2 is 2.07 bits per heavy atom. The minimum Gasteiger partial charge on any atom is -0.375 e. The van der Waals surface area contributed by atoms with Crippen molar-refractivity contribution in [2.75, 3.05) is 19.0 Å². The third kappa shape index (κ3) is 3.51. The van der Waals surface area contributed by atoms with Crippen LogP contribution in [-0.4, -0.2) is 20.1 Å². The Labute approximate surface area is 90.9 Å². The highest BCUT2D eigenvalue weighted by molar-refractivity contribution is 5.47. The number of benzene rings is 1. The lowest BCUT2D eigenvalue weighted by atomic mass is 10.1. The lowest BCUT2D eigenvalue weighted by Gasteiger charge is -2.14. The van der Waals surface area contributed by atoms with Crippen LogP contribution in [0.5, 0.6) is 0 Å². The smallest absolute Gasteiger partial charge is 0.146 e. The first-order valence-corrected chi connectivity index (χ1v) is 5.22. The maximum atomic E-state index is 13.6. The second-order valence-corrected chi connectivity index (χ2v) is 4.20. The molecule has 0 fully saturated rings. The monoisotopic (exact) mass is 210 g/mol. The summed E-state index contributed by atoms with van der Waals surface area (Å²) in [5.74, 6) is -0.165. The van der Waals surface area contributed by atoms with Crippen LogP contribution in [0, 0.1) is 5.82 Å². The number of halogens is 1. The summed E-state index contributed by atoms with van der Waals surface area (Å²) < 4.78 is 13.6. The molecule has 0 saturated carbocycles. The molecule has 3 heteroatoms. The molecule has 0 amide bonds. The fraction of sp³-hybridized carbons (Fsp3) is 0.500. The molecule has 1 aromatic rings. The van der Waals surface area contributed by atoms with Crippen molar-refractivity contribution in [3.8, 4) is 0 Å². The van der Waals surface area contributed by atoms with Gasteiger partial charge in [-0.15, -0.1) is 0 Å². The molecule has 0 aliphatic heterocycles. The zero-order valence-electron chi connectivity index (χ0n) is 9.63. The molecule has 0 radical (unpaired) electrons. The summed E-state index contributed by atoms with van der Waals surface area (Å²) in [6, 6.07) is 5.53. The van der Waals surface area contributed by atoms with Crippen LogP contribution in [0.25, 0.3) is 0 Å². The number of anilines is 1. The van der Waals surface area contributed by atoms with Crippen LogP contribution >= 0.6 is 0 Å². The summed E-state index contributed by atoms with van der Waals surface area (Å²) in [6.07, 6.45) is 1.73. The standard InChI is InChI=1S/C12H19FN2/c1-9(14)4-5-10-6-7-12(15(2)3)11(13)8-10/h6-9H,4-5,14H2,1-3H3/t9-/m0/s1. The molecular formula is C12H19FN2. The number of aryl methyl sites for hydroxylation is 1. The number of hydrogen-bond acceptors (Lipinski definition) is 2. The molecule has 2 N–H and O–H groups in total. The topological polar surface area (TPSA) is 29.3 Å². The molecule has 0 heterocycles. The van der Waals surface area contributed by atoms with Gasteiger partial charge in [-0.05, 0) is 37.5 Å². The van der Waals surface area contributed by atoms with E-state index in [0.29, 0.717) is 5.69 Å². The fourth-order valence-electron chi connectivity index (χ4n) is 1.46. The Bertz CT molecular complexity index is 321. The molecule has 84 valence electrons. The van der Waals surface area contributed by atoms with Gasteiger partial charge >= 0.3 is 0 Å². The van der Waals surface area contributed by atoms with Crippen molar-refractivity contribution in [2.45, 2.75) is 25.8 Å². The number of nitrogens with two attached hydrogens (primary N) is 1. The second kappa shape index (κ2) is 5.12. The Morgan fingerprint density at radius 1 is 1.40 bits per heavy atom. The number of nitrogens with zero attached hydrogens (tertiary/aromatic N) is 1. The summed E-state index contributed by atoms with van der Waals surface area (Å²) in [5.41, 5.74) is 7.29. The summed E-state index contributed by atoms with van der Waals surface area (Å²) in [7, 11) is 3.67. The maximum absolute atomic E-state index is 13.6. The molecule has 0 aliphatic rings. The number of rotatable bonds is 4. The first-order chi connectivity index (χ1) is 7.00. The van der Waals surface area contributed by atoms with E-state index in [1.54, 1.807) is 11.0 Å². The zero-order chi connectivity index (χ0) is 11.4. The van der Waals surface area contributed by atoms with Crippen LogP contribution in [0.1, 0.15) is 18.9 Å². The fourth-order valence-corrected chi connectivity index (χ4v) is 1.46. The largest absolute Gasteiger partial charge is 0.375 e. The van der Waals surface area contributed by atoms with Crippen LogP contribution in [0.2, 0.25) is 0 Å². The molecule has 0 aromatic heterocycles. The van der Waals surface area contributed by atoms with Gasteiger partial charge in [0.15, 0.2) is 0 Å². The predicted octanol–water partition coefficient (Wildman–Crippen LogP) is 2.17. The van der Waals surface area contributed by atoms with Crippen molar-refractivity contribution >= 4 is 5.69 Å². The van der Waals surface area contributed by atoms with Crippen molar-refractivity contribution in [3.63, 3.8) is 0 Å². The summed E-state index contributed by atoms with van der Waals surface area (Å²) >= 11 is 0. The highest BCUT2D eigenvalue weighted by atomic mass is 19.1. The van der Waals surface area contributed by atoms with E-state index in [-0.39, 0.29) is 11.9 Å². The summed E-state index contributed by atoms with van der Waals surface area (Å²) in [6.45, 7) is 1.96. The lowest BCUT2D eigenvalue weighted by molar-refractivity contribution is 0.618. The minimum atomic E-state index is -0.165. The molecule has 0 bridgehead atoms. The van der Waals surface area contributed by atoms with E-state index in [0.717, 1.165) is 18.4 Å². The average Bonchev–Trinajstić information content (AvgIpc) is 2.14. The highest BCUT2D eigenvalue weighted by Gasteiger charge is 2.05. The van der Waals surface area contributed by atoms with Crippen LogP contribution in [0.3, 0.4) is 0 Å². The van der Waals surface area contributed by atoms with Gasteiger partial charge in [0, 0.05) is 20.1 Å². The molecule has 1 aromatic carbocycles. The molecule has 0 unspecified atom stereocenters. The van der Waals surface area contributed by atoms with E-state index in [9.17, 15) is 4.39 Å². The Morgan fingerprint density at radius 3 is 2.53 bits per heavy atom. The highest BCUT2D eigenvalue weighted by Crippen LogP contribution is 2.19. The molecule has 0 spiro atoms. The first-order valence-electron chi connectivity index (χ1n) is 5.22. The third-order valence-corrected chi connectivity index (χ3v) is 2.38. The normalized spacial score (nSPS) is 12.6. The van der Waals surface area contributed by atoms with Crippen LogP contribution < -0.4 is 10.6 Å². The van der Waals surface area contributed by atoms with E-state index >= 15 is 0 Å². The molecule has 2 nitrogen and oxygen atoms in total. The van der Waals surface area contributed by atoms with Crippen molar-refractivity contribution in [3.05, 3.63) is 29.6 Å². The Hall–Kier alpha value is -1.09. The van der Waals surface area contributed by atoms with Gasteiger partial charge in [-0.3, -0.25) is 0 Å². The van der Waals surface area contributed by atoms with Crippen LogP contribution in [0.15, 0.2) is 18.2 Å². The van der Waals surface area contributed by atoms with E-state index in [4.69, 9.17) is 5.73 Å². The zero-order valence-corrected chi connectivity index (χ0v) is 9.63. The quantitative estimate of drug-likeness (QED) is 0.825. The summed E-state index contributed by atoms with van der Waals surface area (Å²) in [4.78, 5) is 1.77. The van der Waals surface area contributed by atoms with Crippen molar-refractivity contribution in [2.24, 2.45) is 5.73 Å². The van der Waals surface area contributed by atoms with Crippen molar-refractivity contribution in [1.29, 1.82) is 0 Å². The average molecular weight is 210 g/mol. The maximum Gasteiger partial charge on any atom is 0.146 e. The minimum absolute atomic E-state index is 0.165. The van der Waals surface area contributed by atoms with Gasteiger partial charge in [0.25, 0.3) is 0 Å². The van der Waals surface area contributed by atoms with Gasteiger partial charge in [0.2, 0.25) is 0 Å². The van der Waals surface area contributed by atoms with E-state index in [1.165, 1.54) is 0 Å². The number of hydrogen-bond donors (Lipinski definition) is 1. The van der Waals surface area contributed by atoms with E-state index in [1.807, 2.05) is 33.2 Å². The van der Waals surface area contributed by atoms with Crippen molar-refractivity contribution in [1.82, 2.24) is 0 Å². The van der Waals surface area contributed by atoms with Gasteiger partial charge in [0.1, 0.15) is 5.82 Å². The Balaban J connectivity index is 2.73. The molecule has 0 saturated heterocycles. The molecular weight excluding hydrogens is 191 g/mol. The van der Waals surface area contributed by atoms with Gasteiger partial charge in [-0.25, -0.2) is 4.39 Å². The lowest BCUT2D eigenvalue weighted by Crippen LogP contribution is -2.15. The summed E-state index contributed by atoms with van der Waals surface area (Å²) in [5, 5.41) is 0. The predicted molar refractivity (Wildman–Crippen MR) is 62.7 cm³/mol. The Kier molecular flexibility index (Phi) is 4.09. The molecule has 0 aliphatic carbocycles. The SMILES string of the molecule is C[C@H](N)CCc1ccc(N(C)C)c(F)c1. The molecule has 15 heavy (non-hydrogen) atoms. The van der Waals surface area contributed by atoms with Gasteiger partial charge in [0.05, 0.1) is 5.69 Å². The van der Waals surface area contributed by atoms with Gasteiger partial charge in [-0.1, -0.05) is 6.07 Å². The van der Waals surface area contributed by atoms with Crippen LogP contribution in [-0.2, 0) is 6.42 Å².